The first kappa shape index (κ1) is 24.8. The normalized spacial score (nSPS) is 11.9. The molecule has 0 aliphatic carbocycles. The molecular weight excluding hydrogens is 428 g/mol. The van der Waals surface area contributed by atoms with Gasteiger partial charge in [0.05, 0.1) is 17.7 Å². The lowest BCUT2D eigenvalue weighted by Gasteiger charge is -2.14. The SMILES string of the molecule is CCCOc1ccccc1/C=C/C(CCc1ccc(C(=O)O)cc1)Cc1ccc(C(=O)O)cc1. The average Bonchev–Trinajstić information content (AvgIpc) is 2.85. The molecule has 3 aromatic carbocycles. The minimum atomic E-state index is -0.934. The fraction of sp³-hybridized carbons (Fsp3) is 0.241. The van der Waals surface area contributed by atoms with Crippen LogP contribution in [0.5, 0.6) is 5.75 Å². The Balaban J connectivity index is 1.77. The van der Waals surface area contributed by atoms with E-state index in [0.717, 1.165) is 48.1 Å². The third-order valence-electron chi connectivity index (χ3n) is 5.63. The highest BCUT2D eigenvalue weighted by Gasteiger charge is 2.10. The fourth-order valence-corrected chi connectivity index (χ4v) is 3.72. The molecule has 0 aliphatic heterocycles. The monoisotopic (exact) mass is 458 g/mol. The average molecular weight is 459 g/mol. The van der Waals surface area contributed by atoms with Crippen molar-refractivity contribution in [1.29, 1.82) is 0 Å². The number of rotatable bonds is 12. The number of carbonyl (C=O) groups is 2. The summed E-state index contributed by atoms with van der Waals surface area (Å²) < 4.78 is 5.88. The van der Waals surface area contributed by atoms with E-state index in [1.165, 1.54) is 0 Å². The van der Waals surface area contributed by atoms with Crippen LogP contribution in [0.2, 0.25) is 0 Å². The maximum absolute atomic E-state index is 11.2. The Morgan fingerprint density at radius 2 is 1.44 bits per heavy atom. The summed E-state index contributed by atoms with van der Waals surface area (Å²) in [6, 6.07) is 21.9. The van der Waals surface area contributed by atoms with E-state index in [2.05, 4.69) is 19.1 Å². The Kier molecular flexibility index (Phi) is 9.04. The zero-order valence-electron chi connectivity index (χ0n) is 19.3. The van der Waals surface area contributed by atoms with E-state index in [1.807, 2.05) is 48.5 Å². The van der Waals surface area contributed by atoms with Gasteiger partial charge in [-0.25, -0.2) is 9.59 Å². The number of benzene rings is 3. The topological polar surface area (TPSA) is 83.8 Å². The summed E-state index contributed by atoms with van der Waals surface area (Å²) in [5.41, 5.74) is 3.72. The first-order chi connectivity index (χ1) is 16.5. The third-order valence-corrected chi connectivity index (χ3v) is 5.63. The molecule has 5 nitrogen and oxygen atoms in total. The van der Waals surface area contributed by atoms with Crippen molar-refractivity contribution in [2.24, 2.45) is 5.92 Å². The van der Waals surface area contributed by atoms with Crippen LogP contribution in [-0.2, 0) is 12.8 Å². The molecular formula is C29H30O5. The standard InChI is InChI=1S/C29H30O5/c1-2-19-34-27-6-4-3-5-24(27)14-11-22(20-23-12-17-26(18-13-23)29(32)33)8-7-21-9-15-25(16-10-21)28(30)31/h3-6,9-18,22H,2,7-8,19-20H2,1H3,(H,30,31)(H,32,33)/b14-11+. The molecule has 0 saturated heterocycles. The molecule has 3 aromatic rings. The minimum Gasteiger partial charge on any atom is -0.493 e. The Bertz CT molecular complexity index is 1110. The lowest BCUT2D eigenvalue weighted by molar-refractivity contribution is 0.0686. The van der Waals surface area contributed by atoms with Crippen LogP contribution >= 0.6 is 0 Å². The number of hydrogen-bond acceptors (Lipinski definition) is 3. The van der Waals surface area contributed by atoms with Gasteiger partial charge < -0.3 is 14.9 Å². The van der Waals surface area contributed by atoms with Gasteiger partial charge >= 0.3 is 11.9 Å². The minimum absolute atomic E-state index is 0.203. The molecule has 0 heterocycles. The smallest absolute Gasteiger partial charge is 0.335 e. The van der Waals surface area contributed by atoms with Crippen LogP contribution in [0.1, 0.15) is 57.2 Å². The second-order valence-corrected chi connectivity index (χ2v) is 8.25. The van der Waals surface area contributed by atoms with Crippen molar-refractivity contribution in [3.8, 4) is 5.75 Å². The molecule has 176 valence electrons. The third kappa shape index (κ3) is 7.34. The van der Waals surface area contributed by atoms with E-state index < -0.39 is 11.9 Å². The summed E-state index contributed by atoms with van der Waals surface area (Å²) in [6.45, 7) is 2.74. The van der Waals surface area contributed by atoms with Gasteiger partial charge in [-0.05, 0) is 73.1 Å². The molecule has 1 atom stereocenters. The molecule has 0 fully saturated rings. The highest BCUT2D eigenvalue weighted by Crippen LogP contribution is 2.23. The number of para-hydroxylation sites is 1. The number of carboxylic acids is 2. The number of hydrogen-bond donors (Lipinski definition) is 2. The summed E-state index contributed by atoms with van der Waals surface area (Å²) in [4.78, 5) is 22.3. The highest BCUT2D eigenvalue weighted by molar-refractivity contribution is 5.88. The Morgan fingerprint density at radius 3 is 2.03 bits per heavy atom. The summed E-state index contributed by atoms with van der Waals surface area (Å²) >= 11 is 0. The maximum Gasteiger partial charge on any atom is 0.335 e. The molecule has 0 bridgehead atoms. The van der Waals surface area contributed by atoms with E-state index in [-0.39, 0.29) is 17.0 Å². The summed E-state index contributed by atoms with van der Waals surface area (Å²) in [5.74, 6) is -0.805. The number of aromatic carboxylic acids is 2. The Morgan fingerprint density at radius 1 is 0.853 bits per heavy atom. The fourth-order valence-electron chi connectivity index (χ4n) is 3.72. The lowest BCUT2D eigenvalue weighted by Crippen LogP contribution is -2.05. The molecule has 0 radical (unpaired) electrons. The number of aryl methyl sites for hydroxylation is 1. The number of allylic oxidation sites excluding steroid dienone is 1. The Hall–Kier alpha value is -3.86. The molecule has 0 aromatic heterocycles. The van der Waals surface area contributed by atoms with Gasteiger partial charge in [-0.3, -0.25) is 0 Å². The maximum atomic E-state index is 11.2. The van der Waals surface area contributed by atoms with Gasteiger partial charge in [0.25, 0.3) is 0 Å². The molecule has 1 unspecified atom stereocenters. The van der Waals surface area contributed by atoms with E-state index in [1.54, 1.807) is 24.3 Å². The van der Waals surface area contributed by atoms with Crippen molar-refractivity contribution in [1.82, 2.24) is 0 Å². The molecule has 0 amide bonds. The highest BCUT2D eigenvalue weighted by atomic mass is 16.5. The first-order valence-corrected chi connectivity index (χ1v) is 11.5. The molecule has 34 heavy (non-hydrogen) atoms. The first-order valence-electron chi connectivity index (χ1n) is 11.5. The summed E-state index contributed by atoms with van der Waals surface area (Å²) in [5, 5.41) is 18.3. The molecule has 2 N–H and O–H groups in total. The van der Waals surface area contributed by atoms with Gasteiger partial charge in [-0.1, -0.05) is 61.5 Å². The number of carboxylic acid groups (broad SMARTS) is 2. The molecule has 0 saturated carbocycles. The second-order valence-electron chi connectivity index (χ2n) is 8.25. The van der Waals surface area contributed by atoms with Crippen LogP contribution in [0.25, 0.3) is 6.08 Å². The molecule has 0 spiro atoms. The number of ether oxygens (including phenoxy) is 1. The van der Waals surface area contributed by atoms with Crippen LogP contribution in [0.3, 0.4) is 0 Å². The van der Waals surface area contributed by atoms with E-state index in [4.69, 9.17) is 14.9 Å². The van der Waals surface area contributed by atoms with Crippen molar-refractivity contribution in [3.63, 3.8) is 0 Å². The zero-order chi connectivity index (χ0) is 24.3. The second kappa shape index (κ2) is 12.4. The van der Waals surface area contributed by atoms with Crippen molar-refractivity contribution in [2.75, 3.05) is 6.61 Å². The van der Waals surface area contributed by atoms with Crippen molar-refractivity contribution in [3.05, 3.63) is 107 Å². The molecule has 5 heteroatoms. The van der Waals surface area contributed by atoms with Gasteiger partial charge in [0, 0.05) is 5.56 Å². The predicted octanol–water partition coefficient (Wildman–Crippen LogP) is 6.38. The van der Waals surface area contributed by atoms with E-state index >= 15 is 0 Å². The predicted molar refractivity (Wildman–Crippen MR) is 134 cm³/mol. The largest absolute Gasteiger partial charge is 0.493 e. The summed E-state index contributed by atoms with van der Waals surface area (Å²) in [6.07, 6.45) is 7.65. The van der Waals surface area contributed by atoms with Crippen LogP contribution < -0.4 is 4.74 Å². The van der Waals surface area contributed by atoms with Crippen LogP contribution in [0, 0.1) is 5.92 Å². The molecule has 0 aliphatic rings. The van der Waals surface area contributed by atoms with Crippen LogP contribution in [-0.4, -0.2) is 28.8 Å². The van der Waals surface area contributed by atoms with Crippen molar-refractivity contribution >= 4 is 18.0 Å². The van der Waals surface area contributed by atoms with Crippen molar-refractivity contribution in [2.45, 2.75) is 32.6 Å². The molecule has 3 rings (SSSR count). The van der Waals surface area contributed by atoms with E-state index in [9.17, 15) is 9.59 Å². The van der Waals surface area contributed by atoms with Gasteiger partial charge in [-0.15, -0.1) is 0 Å². The lowest BCUT2D eigenvalue weighted by atomic mass is 9.91. The van der Waals surface area contributed by atoms with Crippen molar-refractivity contribution < 1.29 is 24.5 Å². The van der Waals surface area contributed by atoms with E-state index in [0.29, 0.717) is 6.61 Å². The van der Waals surface area contributed by atoms with Crippen LogP contribution in [0.15, 0.2) is 78.9 Å². The quantitative estimate of drug-likeness (QED) is 0.329. The van der Waals surface area contributed by atoms with Crippen LogP contribution in [0.4, 0.5) is 0 Å². The van der Waals surface area contributed by atoms with Gasteiger partial charge in [0.1, 0.15) is 5.75 Å². The zero-order valence-corrected chi connectivity index (χ0v) is 19.3. The van der Waals surface area contributed by atoms with Gasteiger partial charge in [-0.2, -0.15) is 0 Å². The van der Waals surface area contributed by atoms with Gasteiger partial charge in [0.15, 0.2) is 0 Å². The Labute approximate surface area is 200 Å². The van der Waals surface area contributed by atoms with Gasteiger partial charge in [0.2, 0.25) is 0 Å². The summed E-state index contributed by atoms with van der Waals surface area (Å²) in [7, 11) is 0.